The maximum atomic E-state index is 11.4. The molecule has 0 aliphatic carbocycles. The van der Waals surface area contributed by atoms with E-state index in [2.05, 4.69) is 6.92 Å². The molecule has 0 heterocycles. The van der Waals surface area contributed by atoms with Crippen LogP contribution < -0.4 is 4.74 Å². The van der Waals surface area contributed by atoms with Crippen molar-refractivity contribution in [3.05, 3.63) is 29.3 Å². The van der Waals surface area contributed by atoms with E-state index < -0.39 is 5.97 Å². The van der Waals surface area contributed by atoms with Crippen molar-refractivity contribution in [1.29, 1.82) is 0 Å². The molecule has 21 heavy (non-hydrogen) atoms. The predicted octanol–water partition coefficient (Wildman–Crippen LogP) is 3.87. The third-order valence-electron chi connectivity index (χ3n) is 3.28. The second-order valence-corrected chi connectivity index (χ2v) is 5.18. The number of aliphatic carboxylic acids is 1. The van der Waals surface area contributed by atoms with E-state index in [-0.39, 0.29) is 12.2 Å². The van der Waals surface area contributed by atoms with Crippen molar-refractivity contribution >= 4 is 11.8 Å². The molecule has 0 spiro atoms. The first-order valence-corrected chi connectivity index (χ1v) is 7.53. The maximum Gasteiger partial charge on any atom is 0.303 e. The highest BCUT2D eigenvalue weighted by atomic mass is 16.5. The van der Waals surface area contributed by atoms with Crippen molar-refractivity contribution in [3.8, 4) is 5.75 Å². The maximum absolute atomic E-state index is 11.4. The average molecular weight is 292 g/mol. The van der Waals surface area contributed by atoms with Crippen LogP contribution >= 0.6 is 0 Å². The van der Waals surface area contributed by atoms with Gasteiger partial charge in [-0.3, -0.25) is 9.59 Å². The zero-order chi connectivity index (χ0) is 15.7. The summed E-state index contributed by atoms with van der Waals surface area (Å²) in [4.78, 5) is 21.8. The topological polar surface area (TPSA) is 63.6 Å². The van der Waals surface area contributed by atoms with E-state index in [9.17, 15) is 9.59 Å². The van der Waals surface area contributed by atoms with Crippen LogP contribution in [0.2, 0.25) is 0 Å². The molecule has 0 aliphatic heterocycles. The molecule has 1 N–H and O–H groups in total. The Balaban J connectivity index is 2.49. The highest BCUT2D eigenvalue weighted by molar-refractivity contribution is 5.94. The molecule has 0 bridgehead atoms. The molecule has 4 heteroatoms. The number of carbonyl (C=O) groups excluding carboxylic acids is 1. The molecule has 1 rings (SSSR count). The molecule has 0 fully saturated rings. The minimum Gasteiger partial charge on any atom is -0.493 e. The van der Waals surface area contributed by atoms with Gasteiger partial charge in [-0.15, -0.1) is 0 Å². The number of benzene rings is 1. The van der Waals surface area contributed by atoms with Gasteiger partial charge in [0, 0.05) is 12.0 Å². The van der Waals surface area contributed by atoms with Crippen molar-refractivity contribution in [2.24, 2.45) is 0 Å². The molecule has 0 amide bonds. The number of ketones is 1. The van der Waals surface area contributed by atoms with E-state index in [0.717, 1.165) is 37.0 Å². The lowest BCUT2D eigenvalue weighted by atomic mass is 10.0. The van der Waals surface area contributed by atoms with Crippen LogP contribution in [0, 0.1) is 0 Å². The standard InChI is InChI=1S/C17H24O4/c1-3-7-15-12-14(13(2)18)9-10-16(15)21-11-6-4-5-8-17(19)20/h9-10,12H,3-8,11H2,1-2H3,(H,19,20). The number of aryl methyl sites for hydroxylation is 1. The van der Waals surface area contributed by atoms with Crippen LogP contribution in [0.25, 0.3) is 0 Å². The largest absolute Gasteiger partial charge is 0.493 e. The van der Waals surface area contributed by atoms with E-state index in [0.29, 0.717) is 18.6 Å². The fourth-order valence-electron chi connectivity index (χ4n) is 2.14. The minimum absolute atomic E-state index is 0.0626. The average Bonchev–Trinajstić information content (AvgIpc) is 2.43. The molecule has 116 valence electrons. The summed E-state index contributed by atoms with van der Waals surface area (Å²) in [5, 5.41) is 8.56. The number of carboxylic acids is 1. The minimum atomic E-state index is -0.749. The third-order valence-corrected chi connectivity index (χ3v) is 3.28. The van der Waals surface area contributed by atoms with Gasteiger partial charge in [0.05, 0.1) is 6.61 Å². The molecule has 0 aromatic heterocycles. The quantitative estimate of drug-likeness (QED) is 0.525. The van der Waals surface area contributed by atoms with Crippen molar-refractivity contribution in [1.82, 2.24) is 0 Å². The summed E-state index contributed by atoms with van der Waals surface area (Å²) in [5.41, 5.74) is 1.78. The van der Waals surface area contributed by atoms with Crippen molar-refractivity contribution < 1.29 is 19.4 Å². The van der Waals surface area contributed by atoms with Gasteiger partial charge in [-0.2, -0.15) is 0 Å². The Morgan fingerprint density at radius 1 is 1.19 bits per heavy atom. The van der Waals surface area contributed by atoms with Gasteiger partial charge in [-0.05, 0) is 56.4 Å². The summed E-state index contributed by atoms with van der Waals surface area (Å²) in [5.74, 6) is 0.147. The fraction of sp³-hybridized carbons (Fsp3) is 0.529. The summed E-state index contributed by atoms with van der Waals surface area (Å²) < 4.78 is 5.77. The van der Waals surface area contributed by atoms with Gasteiger partial charge < -0.3 is 9.84 Å². The lowest BCUT2D eigenvalue weighted by Crippen LogP contribution is -2.03. The van der Waals surface area contributed by atoms with Crippen LogP contribution in [-0.2, 0) is 11.2 Å². The molecule has 0 saturated heterocycles. The Hall–Kier alpha value is -1.84. The van der Waals surface area contributed by atoms with Gasteiger partial charge in [0.15, 0.2) is 5.78 Å². The number of carboxylic acid groups (broad SMARTS) is 1. The Labute approximate surface area is 126 Å². The highest BCUT2D eigenvalue weighted by Gasteiger charge is 2.07. The van der Waals surface area contributed by atoms with Crippen LogP contribution in [0.15, 0.2) is 18.2 Å². The smallest absolute Gasteiger partial charge is 0.303 e. The van der Waals surface area contributed by atoms with E-state index in [1.165, 1.54) is 0 Å². The molecule has 1 aromatic carbocycles. The number of hydrogen-bond donors (Lipinski definition) is 1. The van der Waals surface area contributed by atoms with Gasteiger partial charge >= 0.3 is 5.97 Å². The third kappa shape index (κ3) is 6.43. The zero-order valence-corrected chi connectivity index (χ0v) is 12.9. The van der Waals surface area contributed by atoms with Gasteiger partial charge in [-0.1, -0.05) is 13.3 Å². The first-order chi connectivity index (χ1) is 10.0. The summed E-state index contributed by atoms with van der Waals surface area (Å²) in [6, 6.07) is 5.56. The Morgan fingerprint density at radius 3 is 2.57 bits per heavy atom. The summed E-state index contributed by atoms with van der Waals surface area (Å²) in [6.45, 7) is 4.24. The van der Waals surface area contributed by atoms with Crippen LogP contribution in [0.4, 0.5) is 0 Å². The fourth-order valence-corrected chi connectivity index (χ4v) is 2.14. The number of rotatable bonds is 10. The lowest BCUT2D eigenvalue weighted by molar-refractivity contribution is -0.137. The predicted molar refractivity (Wildman–Crippen MR) is 82.0 cm³/mol. The lowest BCUT2D eigenvalue weighted by Gasteiger charge is -2.12. The van der Waals surface area contributed by atoms with Gasteiger partial charge in [-0.25, -0.2) is 0 Å². The monoisotopic (exact) mass is 292 g/mol. The molecule has 0 unspecified atom stereocenters. The van der Waals surface area contributed by atoms with Crippen LogP contribution in [-0.4, -0.2) is 23.5 Å². The highest BCUT2D eigenvalue weighted by Crippen LogP contribution is 2.22. The molecule has 1 aromatic rings. The molecule has 0 aliphatic rings. The number of carbonyl (C=O) groups is 2. The van der Waals surface area contributed by atoms with E-state index >= 15 is 0 Å². The Morgan fingerprint density at radius 2 is 1.95 bits per heavy atom. The van der Waals surface area contributed by atoms with Crippen LogP contribution in [0.1, 0.15) is 61.9 Å². The molecule has 0 atom stereocenters. The van der Waals surface area contributed by atoms with Gasteiger partial charge in [0.2, 0.25) is 0 Å². The summed E-state index contributed by atoms with van der Waals surface area (Å²) in [7, 11) is 0. The molecule has 0 radical (unpaired) electrons. The Bertz CT molecular complexity index is 480. The normalized spacial score (nSPS) is 10.4. The van der Waals surface area contributed by atoms with Crippen molar-refractivity contribution in [2.75, 3.05) is 6.61 Å². The SMILES string of the molecule is CCCc1cc(C(C)=O)ccc1OCCCCCC(=O)O. The number of hydrogen-bond acceptors (Lipinski definition) is 3. The summed E-state index contributed by atoms with van der Waals surface area (Å²) >= 11 is 0. The second-order valence-electron chi connectivity index (χ2n) is 5.18. The van der Waals surface area contributed by atoms with Crippen LogP contribution in [0.3, 0.4) is 0 Å². The van der Waals surface area contributed by atoms with Gasteiger partial charge in [0.1, 0.15) is 5.75 Å². The van der Waals surface area contributed by atoms with E-state index in [1.54, 1.807) is 13.0 Å². The molecular weight excluding hydrogens is 268 g/mol. The first kappa shape index (κ1) is 17.2. The summed E-state index contributed by atoms with van der Waals surface area (Å²) in [6.07, 6.45) is 4.47. The number of ether oxygens (including phenoxy) is 1. The van der Waals surface area contributed by atoms with Crippen molar-refractivity contribution in [3.63, 3.8) is 0 Å². The first-order valence-electron chi connectivity index (χ1n) is 7.53. The van der Waals surface area contributed by atoms with Gasteiger partial charge in [0.25, 0.3) is 0 Å². The van der Waals surface area contributed by atoms with Crippen molar-refractivity contribution in [2.45, 2.75) is 52.4 Å². The van der Waals surface area contributed by atoms with E-state index in [4.69, 9.17) is 9.84 Å². The van der Waals surface area contributed by atoms with E-state index in [1.807, 2.05) is 12.1 Å². The number of unbranched alkanes of at least 4 members (excludes halogenated alkanes) is 2. The second kappa shape index (κ2) is 9.16. The Kier molecular flexibility index (Phi) is 7.51. The molecule has 4 nitrogen and oxygen atoms in total. The number of Topliss-reactive ketones (excluding diaryl/α,β-unsaturated/α-hetero) is 1. The molecule has 0 saturated carbocycles. The molecular formula is C17H24O4. The van der Waals surface area contributed by atoms with Crippen LogP contribution in [0.5, 0.6) is 5.75 Å². The zero-order valence-electron chi connectivity index (χ0n) is 12.9.